The van der Waals surface area contributed by atoms with E-state index in [1.54, 1.807) is 34.8 Å². The molecule has 1 N–H and O–H groups in total. The second-order valence-electron chi connectivity index (χ2n) is 6.38. The first kappa shape index (κ1) is 18.0. The SMILES string of the molecule is Cc1c(/C=N\Nc2ccnc3cc(Cl)ccc23)n(C)n(-c2ccccc2)c1=O. The fraction of sp³-hybridized carbons (Fsp3) is 0.0952. The zero-order chi connectivity index (χ0) is 19.7. The normalized spacial score (nSPS) is 11.4. The standard InChI is InChI=1S/C21H18ClN5O/c1-14-20(26(2)27(21(14)28)16-6-4-3-5-7-16)13-24-25-18-10-11-23-19-12-15(22)8-9-17(18)19/h3-13H,1-2H3,(H,23,25)/b24-13-. The molecule has 0 spiro atoms. The molecule has 28 heavy (non-hydrogen) atoms. The Morgan fingerprint density at radius 1 is 1.14 bits per heavy atom. The van der Waals surface area contributed by atoms with E-state index in [0.29, 0.717) is 10.6 Å². The van der Waals surface area contributed by atoms with Gasteiger partial charge in [-0.25, -0.2) is 4.68 Å². The highest BCUT2D eigenvalue weighted by Crippen LogP contribution is 2.24. The molecule has 0 aliphatic heterocycles. The van der Waals surface area contributed by atoms with Gasteiger partial charge in [0, 0.05) is 29.2 Å². The molecule has 140 valence electrons. The molecule has 0 saturated carbocycles. The minimum Gasteiger partial charge on any atom is -0.279 e. The van der Waals surface area contributed by atoms with Crippen LogP contribution >= 0.6 is 11.6 Å². The lowest BCUT2D eigenvalue weighted by Gasteiger charge is -2.08. The number of rotatable bonds is 4. The third kappa shape index (κ3) is 3.18. The molecule has 0 saturated heterocycles. The lowest BCUT2D eigenvalue weighted by atomic mass is 10.2. The average molecular weight is 392 g/mol. The Balaban J connectivity index is 1.67. The van der Waals surface area contributed by atoms with Crippen molar-refractivity contribution in [2.24, 2.45) is 12.1 Å². The summed E-state index contributed by atoms with van der Waals surface area (Å²) in [6, 6.07) is 16.9. The van der Waals surface area contributed by atoms with Crippen LogP contribution in [0.1, 0.15) is 11.3 Å². The number of benzene rings is 2. The van der Waals surface area contributed by atoms with Crippen LogP contribution in [-0.2, 0) is 7.05 Å². The molecule has 2 heterocycles. The van der Waals surface area contributed by atoms with Gasteiger partial charge in [-0.1, -0.05) is 29.8 Å². The van der Waals surface area contributed by atoms with E-state index in [9.17, 15) is 4.79 Å². The van der Waals surface area contributed by atoms with Crippen molar-refractivity contribution in [3.63, 3.8) is 0 Å². The molecule has 4 aromatic rings. The van der Waals surface area contributed by atoms with Crippen LogP contribution in [0.3, 0.4) is 0 Å². The number of hydrogen-bond acceptors (Lipinski definition) is 4. The van der Waals surface area contributed by atoms with E-state index in [1.807, 2.05) is 55.6 Å². The van der Waals surface area contributed by atoms with Crippen molar-refractivity contribution in [3.8, 4) is 5.69 Å². The van der Waals surface area contributed by atoms with Crippen molar-refractivity contribution in [2.75, 3.05) is 5.43 Å². The van der Waals surface area contributed by atoms with Gasteiger partial charge in [-0.3, -0.25) is 19.9 Å². The van der Waals surface area contributed by atoms with E-state index in [2.05, 4.69) is 15.5 Å². The number of pyridine rings is 1. The van der Waals surface area contributed by atoms with Gasteiger partial charge >= 0.3 is 0 Å². The van der Waals surface area contributed by atoms with Crippen molar-refractivity contribution in [1.29, 1.82) is 0 Å². The Kier molecular flexibility index (Phi) is 4.71. The Morgan fingerprint density at radius 2 is 1.93 bits per heavy atom. The van der Waals surface area contributed by atoms with Gasteiger partial charge < -0.3 is 0 Å². The monoisotopic (exact) mass is 391 g/mol. The van der Waals surface area contributed by atoms with E-state index in [4.69, 9.17) is 11.6 Å². The first-order chi connectivity index (χ1) is 13.6. The molecule has 0 amide bonds. The second-order valence-corrected chi connectivity index (χ2v) is 6.81. The van der Waals surface area contributed by atoms with Gasteiger partial charge in [-0.05, 0) is 43.3 Å². The third-order valence-corrected chi connectivity index (χ3v) is 4.86. The number of hydrazone groups is 1. The van der Waals surface area contributed by atoms with E-state index in [0.717, 1.165) is 28.0 Å². The lowest BCUT2D eigenvalue weighted by Crippen LogP contribution is -2.20. The highest BCUT2D eigenvalue weighted by atomic mass is 35.5. The number of halogens is 1. The van der Waals surface area contributed by atoms with Gasteiger partial charge in [0.2, 0.25) is 0 Å². The molecule has 0 radical (unpaired) electrons. The van der Waals surface area contributed by atoms with Crippen LogP contribution in [0.5, 0.6) is 0 Å². The number of nitrogens with zero attached hydrogens (tertiary/aromatic N) is 4. The molecule has 0 fully saturated rings. The van der Waals surface area contributed by atoms with Crippen LogP contribution in [0.15, 0.2) is 70.7 Å². The molecule has 7 heteroatoms. The van der Waals surface area contributed by atoms with Gasteiger partial charge in [0.25, 0.3) is 5.56 Å². The lowest BCUT2D eigenvalue weighted by molar-refractivity contribution is 0.643. The molecule has 0 unspecified atom stereocenters. The first-order valence-corrected chi connectivity index (χ1v) is 9.11. The molecule has 0 aliphatic carbocycles. The van der Waals surface area contributed by atoms with Gasteiger partial charge in [0.15, 0.2) is 0 Å². The zero-order valence-corrected chi connectivity index (χ0v) is 16.2. The highest BCUT2D eigenvalue weighted by molar-refractivity contribution is 6.31. The number of nitrogens with one attached hydrogen (secondary N) is 1. The number of hydrogen-bond donors (Lipinski definition) is 1. The molecule has 4 rings (SSSR count). The van der Waals surface area contributed by atoms with Crippen LogP contribution in [0.25, 0.3) is 16.6 Å². The quantitative estimate of drug-likeness (QED) is 0.420. The van der Waals surface area contributed by atoms with Crippen LogP contribution in [0, 0.1) is 6.92 Å². The zero-order valence-electron chi connectivity index (χ0n) is 15.4. The summed E-state index contributed by atoms with van der Waals surface area (Å²) in [5.74, 6) is 0. The summed E-state index contributed by atoms with van der Waals surface area (Å²) >= 11 is 6.03. The molecule has 6 nitrogen and oxygen atoms in total. The maximum Gasteiger partial charge on any atom is 0.274 e. The first-order valence-electron chi connectivity index (χ1n) is 8.73. The molecule has 0 atom stereocenters. The summed E-state index contributed by atoms with van der Waals surface area (Å²) in [6.07, 6.45) is 3.35. The maximum atomic E-state index is 12.7. The van der Waals surface area contributed by atoms with E-state index in [-0.39, 0.29) is 5.56 Å². The maximum absolute atomic E-state index is 12.7. The predicted molar refractivity (Wildman–Crippen MR) is 114 cm³/mol. The largest absolute Gasteiger partial charge is 0.279 e. The summed E-state index contributed by atoms with van der Waals surface area (Å²) in [4.78, 5) is 17.0. The van der Waals surface area contributed by atoms with Crippen molar-refractivity contribution < 1.29 is 0 Å². The Labute approximate surface area is 166 Å². The fourth-order valence-corrected chi connectivity index (χ4v) is 3.34. The second kappa shape index (κ2) is 7.32. The number of anilines is 1. The highest BCUT2D eigenvalue weighted by Gasteiger charge is 2.14. The topological polar surface area (TPSA) is 64.2 Å². The minimum atomic E-state index is -0.0702. The number of aromatic nitrogens is 3. The molecule has 2 aromatic carbocycles. The average Bonchev–Trinajstić information content (AvgIpc) is 2.91. The molecular formula is C21H18ClN5O. The molecule has 0 bridgehead atoms. The molecular weight excluding hydrogens is 374 g/mol. The van der Waals surface area contributed by atoms with E-state index in [1.165, 1.54) is 0 Å². The number of fused-ring (bicyclic) bond motifs is 1. The van der Waals surface area contributed by atoms with Crippen molar-refractivity contribution in [2.45, 2.75) is 6.92 Å². The van der Waals surface area contributed by atoms with Gasteiger partial charge in [-0.2, -0.15) is 5.10 Å². The Hall–Kier alpha value is -3.38. The summed E-state index contributed by atoms with van der Waals surface area (Å²) in [5, 5.41) is 5.89. The molecule has 0 aliphatic rings. The Bertz CT molecular complexity index is 1240. The van der Waals surface area contributed by atoms with Crippen LogP contribution in [0.4, 0.5) is 5.69 Å². The fourth-order valence-electron chi connectivity index (χ4n) is 3.18. The summed E-state index contributed by atoms with van der Waals surface area (Å²) in [5.41, 5.74) is 6.72. The van der Waals surface area contributed by atoms with Gasteiger partial charge in [0.05, 0.1) is 28.8 Å². The smallest absolute Gasteiger partial charge is 0.274 e. The minimum absolute atomic E-state index is 0.0702. The number of para-hydroxylation sites is 1. The van der Waals surface area contributed by atoms with Crippen LogP contribution in [0.2, 0.25) is 5.02 Å². The Morgan fingerprint density at radius 3 is 2.71 bits per heavy atom. The van der Waals surface area contributed by atoms with Crippen molar-refractivity contribution >= 4 is 34.4 Å². The summed E-state index contributed by atoms with van der Waals surface area (Å²) < 4.78 is 3.42. The van der Waals surface area contributed by atoms with E-state index >= 15 is 0 Å². The van der Waals surface area contributed by atoms with Gasteiger partial charge in [0.1, 0.15) is 0 Å². The molecule has 2 aromatic heterocycles. The van der Waals surface area contributed by atoms with Crippen LogP contribution < -0.4 is 11.0 Å². The summed E-state index contributed by atoms with van der Waals surface area (Å²) in [7, 11) is 1.84. The third-order valence-electron chi connectivity index (χ3n) is 4.62. The predicted octanol–water partition coefficient (Wildman–Crippen LogP) is 4.13. The van der Waals surface area contributed by atoms with Crippen LogP contribution in [-0.4, -0.2) is 20.6 Å². The van der Waals surface area contributed by atoms with Gasteiger partial charge in [-0.15, -0.1) is 0 Å². The van der Waals surface area contributed by atoms with E-state index < -0.39 is 0 Å². The summed E-state index contributed by atoms with van der Waals surface area (Å²) in [6.45, 7) is 1.80. The van der Waals surface area contributed by atoms with Crippen molar-refractivity contribution in [3.05, 3.63) is 87.4 Å². The van der Waals surface area contributed by atoms with Crippen molar-refractivity contribution in [1.82, 2.24) is 14.3 Å².